The summed E-state index contributed by atoms with van der Waals surface area (Å²) in [5.74, 6) is 0. The summed E-state index contributed by atoms with van der Waals surface area (Å²) in [5, 5.41) is 0. The number of halogens is 3. The van der Waals surface area contributed by atoms with E-state index in [9.17, 15) is 13.2 Å². The Balaban J connectivity index is 2.57. The Morgan fingerprint density at radius 3 is 2.21 bits per heavy atom. The van der Waals surface area contributed by atoms with Crippen molar-refractivity contribution >= 4 is 6.08 Å². The standard InChI is InChI=1S/C11H11F3/c1-9-4-6-10(7-5-9)3-2-8-11(12,13)14/h2-7H,8H2,1H3. The maximum Gasteiger partial charge on any atom is 0.392 e. The second kappa shape index (κ2) is 4.31. The first-order valence-electron chi connectivity index (χ1n) is 4.27. The summed E-state index contributed by atoms with van der Waals surface area (Å²) >= 11 is 0. The third-order valence-electron chi connectivity index (χ3n) is 1.74. The highest BCUT2D eigenvalue weighted by atomic mass is 19.4. The maximum atomic E-state index is 11.8. The topological polar surface area (TPSA) is 0 Å². The minimum Gasteiger partial charge on any atom is -0.171 e. The first-order chi connectivity index (χ1) is 6.47. The van der Waals surface area contributed by atoms with Gasteiger partial charge in [-0.15, -0.1) is 0 Å². The SMILES string of the molecule is Cc1ccc(C=CCC(F)(F)F)cc1. The third-order valence-corrected chi connectivity index (χ3v) is 1.74. The van der Waals surface area contributed by atoms with Gasteiger partial charge in [-0.1, -0.05) is 42.0 Å². The normalized spacial score (nSPS) is 12.3. The van der Waals surface area contributed by atoms with Crippen molar-refractivity contribution in [2.75, 3.05) is 0 Å². The molecule has 1 rings (SSSR count). The van der Waals surface area contributed by atoms with Crippen molar-refractivity contribution in [1.29, 1.82) is 0 Å². The van der Waals surface area contributed by atoms with Crippen molar-refractivity contribution in [3.8, 4) is 0 Å². The molecule has 0 saturated carbocycles. The van der Waals surface area contributed by atoms with Crippen LogP contribution in [0.2, 0.25) is 0 Å². The van der Waals surface area contributed by atoms with Gasteiger partial charge in [-0.3, -0.25) is 0 Å². The lowest BCUT2D eigenvalue weighted by Gasteiger charge is -2.00. The molecule has 0 nitrogen and oxygen atoms in total. The van der Waals surface area contributed by atoms with Crippen LogP contribution in [0, 0.1) is 6.92 Å². The molecule has 1 aromatic carbocycles. The van der Waals surface area contributed by atoms with E-state index in [0.29, 0.717) is 0 Å². The van der Waals surface area contributed by atoms with Gasteiger partial charge in [0.05, 0.1) is 6.42 Å². The molecule has 0 spiro atoms. The molecule has 1 aromatic rings. The van der Waals surface area contributed by atoms with Gasteiger partial charge in [-0.05, 0) is 12.5 Å². The largest absolute Gasteiger partial charge is 0.392 e. The second-order valence-corrected chi connectivity index (χ2v) is 3.13. The average Bonchev–Trinajstić information content (AvgIpc) is 2.06. The van der Waals surface area contributed by atoms with E-state index in [1.165, 1.54) is 6.08 Å². The molecule has 0 aliphatic rings. The lowest BCUT2D eigenvalue weighted by atomic mass is 10.1. The van der Waals surface area contributed by atoms with Gasteiger partial charge >= 0.3 is 6.18 Å². The van der Waals surface area contributed by atoms with Gasteiger partial charge in [0.15, 0.2) is 0 Å². The molecule has 0 unspecified atom stereocenters. The van der Waals surface area contributed by atoms with Gasteiger partial charge < -0.3 is 0 Å². The highest BCUT2D eigenvalue weighted by Gasteiger charge is 2.24. The Kier molecular flexibility index (Phi) is 3.33. The first kappa shape index (κ1) is 10.8. The van der Waals surface area contributed by atoms with Crippen molar-refractivity contribution < 1.29 is 13.2 Å². The fourth-order valence-electron chi connectivity index (χ4n) is 1.01. The van der Waals surface area contributed by atoms with Gasteiger partial charge in [0, 0.05) is 0 Å². The predicted octanol–water partition coefficient (Wildman–Crippen LogP) is 3.96. The summed E-state index contributed by atoms with van der Waals surface area (Å²) in [5.41, 5.74) is 1.89. The number of alkyl halides is 3. The fraction of sp³-hybridized carbons (Fsp3) is 0.273. The minimum absolute atomic E-state index is 0.792. The zero-order chi connectivity index (χ0) is 10.6. The molecule has 0 saturated heterocycles. The molecule has 0 atom stereocenters. The summed E-state index contributed by atoms with van der Waals surface area (Å²) in [6, 6.07) is 7.32. The Hall–Kier alpha value is -1.25. The Bertz CT molecular complexity index is 306. The van der Waals surface area contributed by atoms with Crippen LogP contribution in [0.4, 0.5) is 13.2 Å². The highest BCUT2D eigenvalue weighted by molar-refractivity contribution is 5.49. The van der Waals surface area contributed by atoms with E-state index in [-0.39, 0.29) is 0 Å². The second-order valence-electron chi connectivity index (χ2n) is 3.13. The van der Waals surface area contributed by atoms with Crippen LogP contribution in [-0.4, -0.2) is 6.18 Å². The van der Waals surface area contributed by atoms with Gasteiger partial charge in [0.25, 0.3) is 0 Å². The van der Waals surface area contributed by atoms with Crippen molar-refractivity contribution in [1.82, 2.24) is 0 Å². The molecule has 14 heavy (non-hydrogen) atoms. The molecular weight excluding hydrogens is 189 g/mol. The zero-order valence-electron chi connectivity index (χ0n) is 7.81. The van der Waals surface area contributed by atoms with Crippen molar-refractivity contribution in [2.45, 2.75) is 19.5 Å². The monoisotopic (exact) mass is 200 g/mol. The first-order valence-corrected chi connectivity index (χ1v) is 4.27. The summed E-state index contributed by atoms with van der Waals surface area (Å²) in [4.78, 5) is 0. The van der Waals surface area contributed by atoms with Crippen LogP contribution in [0.25, 0.3) is 6.08 Å². The molecule has 3 heteroatoms. The highest BCUT2D eigenvalue weighted by Crippen LogP contribution is 2.20. The van der Waals surface area contributed by atoms with Crippen LogP contribution >= 0.6 is 0 Å². The number of hydrogen-bond acceptors (Lipinski definition) is 0. The maximum absolute atomic E-state index is 11.8. The van der Waals surface area contributed by atoms with E-state index < -0.39 is 12.6 Å². The minimum atomic E-state index is -4.11. The van der Waals surface area contributed by atoms with Gasteiger partial charge in [0.1, 0.15) is 0 Å². The van der Waals surface area contributed by atoms with E-state index in [1.807, 2.05) is 19.1 Å². The number of hydrogen-bond donors (Lipinski definition) is 0. The Morgan fingerprint density at radius 1 is 1.14 bits per heavy atom. The number of allylic oxidation sites excluding steroid dienone is 1. The van der Waals surface area contributed by atoms with Gasteiger partial charge in [-0.25, -0.2) is 0 Å². The Morgan fingerprint density at radius 2 is 1.71 bits per heavy atom. The van der Waals surface area contributed by atoms with Crippen LogP contribution < -0.4 is 0 Å². The summed E-state index contributed by atoms with van der Waals surface area (Å²) in [6.07, 6.45) is -2.38. The van der Waals surface area contributed by atoms with E-state index in [4.69, 9.17) is 0 Å². The molecule has 0 radical (unpaired) electrons. The van der Waals surface area contributed by atoms with Crippen LogP contribution in [-0.2, 0) is 0 Å². The smallest absolute Gasteiger partial charge is 0.171 e. The van der Waals surface area contributed by atoms with Crippen LogP contribution in [0.5, 0.6) is 0 Å². The van der Waals surface area contributed by atoms with Crippen molar-refractivity contribution in [3.05, 3.63) is 41.5 Å². The number of rotatable bonds is 2. The third kappa shape index (κ3) is 4.12. The number of aryl methyl sites for hydroxylation is 1. The van der Waals surface area contributed by atoms with Crippen molar-refractivity contribution in [2.24, 2.45) is 0 Å². The van der Waals surface area contributed by atoms with Crippen molar-refractivity contribution in [3.63, 3.8) is 0 Å². The molecule has 0 heterocycles. The average molecular weight is 200 g/mol. The van der Waals surface area contributed by atoms with Gasteiger partial charge in [0.2, 0.25) is 0 Å². The van der Waals surface area contributed by atoms with Gasteiger partial charge in [-0.2, -0.15) is 13.2 Å². The molecule has 0 fully saturated rings. The molecular formula is C11H11F3. The molecule has 0 N–H and O–H groups in total. The molecule has 0 aliphatic carbocycles. The fourth-order valence-corrected chi connectivity index (χ4v) is 1.01. The zero-order valence-corrected chi connectivity index (χ0v) is 7.81. The quantitative estimate of drug-likeness (QED) is 0.677. The summed E-state index contributed by atoms with van der Waals surface area (Å²) in [6.45, 7) is 1.93. The molecule has 0 aliphatic heterocycles. The number of benzene rings is 1. The molecule has 76 valence electrons. The van der Waals surface area contributed by atoms with E-state index in [1.54, 1.807) is 12.1 Å². The lowest BCUT2D eigenvalue weighted by Crippen LogP contribution is -2.03. The van der Waals surface area contributed by atoms with Crippen LogP contribution in [0.3, 0.4) is 0 Å². The summed E-state index contributed by atoms with van der Waals surface area (Å²) in [7, 11) is 0. The van der Waals surface area contributed by atoms with Crippen LogP contribution in [0.1, 0.15) is 17.5 Å². The molecule has 0 amide bonds. The van der Waals surface area contributed by atoms with E-state index in [2.05, 4.69) is 0 Å². The predicted molar refractivity (Wildman–Crippen MR) is 50.9 cm³/mol. The Labute approximate surface area is 81.1 Å². The molecule has 0 aromatic heterocycles. The van der Waals surface area contributed by atoms with E-state index >= 15 is 0 Å². The summed E-state index contributed by atoms with van der Waals surface area (Å²) < 4.78 is 35.3. The van der Waals surface area contributed by atoms with E-state index in [0.717, 1.165) is 17.2 Å². The molecule has 0 bridgehead atoms. The van der Waals surface area contributed by atoms with Crippen LogP contribution in [0.15, 0.2) is 30.3 Å². The lowest BCUT2D eigenvalue weighted by molar-refractivity contribution is -0.124.